The lowest BCUT2D eigenvalue weighted by atomic mass is 10.0. The van der Waals surface area contributed by atoms with Crippen molar-refractivity contribution in [3.05, 3.63) is 23.5 Å². The van der Waals surface area contributed by atoms with Gasteiger partial charge in [0.1, 0.15) is 0 Å². The molecule has 9 heteroatoms. The van der Waals surface area contributed by atoms with E-state index in [1.807, 2.05) is 5.38 Å². The number of carbonyl (C=O) groups excluding carboxylic acids is 2. The maximum Gasteiger partial charge on any atom is 0.231 e. The molecule has 2 aromatic heterocycles. The van der Waals surface area contributed by atoms with E-state index in [9.17, 15) is 9.59 Å². The van der Waals surface area contributed by atoms with Crippen LogP contribution in [0.5, 0.6) is 0 Å². The number of carbonyl (C=O) groups is 2. The van der Waals surface area contributed by atoms with Crippen molar-refractivity contribution < 1.29 is 9.59 Å². The summed E-state index contributed by atoms with van der Waals surface area (Å²) in [5.74, 6) is 0.148. The third kappa shape index (κ3) is 4.19. The van der Waals surface area contributed by atoms with Crippen molar-refractivity contribution in [2.75, 3.05) is 29.9 Å². The number of aromatic nitrogens is 3. The third-order valence-corrected chi connectivity index (χ3v) is 6.01. The number of likely N-dealkylation sites (tertiary alicyclic amines) is 1. The minimum absolute atomic E-state index is 0.0596. The second-order valence-electron chi connectivity index (χ2n) is 7.48. The Morgan fingerprint density at radius 3 is 3.11 bits per heavy atom. The van der Waals surface area contributed by atoms with Gasteiger partial charge < -0.3 is 10.2 Å². The van der Waals surface area contributed by atoms with E-state index in [2.05, 4.69) is 32.3 Å². The van der Waals surface area contributed by atoms with Crippen LogP contribution in [0.2, 0.25) is 0 Å². The number of piperidine rings is 1. The highest BCUT2D eigenvalue weighted by Gasteiger charge is 2.35. The van der Waals surface area contributed by atoms with Crippen molar-refractivity contribution in [2.24, 2.45) is 11.8 Å². The van der Waals surface area contributed by atoms with Crippen molar-refractivity contribution in [2.45, 2.75) is 32.7 Å². The normalized spacial score (nSPS) is 23.7. The SMILES string of the molecule is C[C@@H]1CCCN(Cc2csc(NC(=O)[C@H]3CC(=O)N(c4cn[nH]c4)C3)n2)C1. The van der Waals surface area contributed by atoms with Gasteiger partial charge in [-0.05, 0) is 25.3 Å². The van der Waals surface area contributed by atoms with Crippen LogP contribution in [0.4, 0.5) is 10.8 Å². The average molecular weight is 388 g/mol. The summed E-state index contributed by atoms with van der Waals surface area (Å²) in [6.07, 6.45) is 5.99. The first kappa shape index (κ1) is 18.1. The molecule has 2 aromatic rings. The summed E-state index contributed by atoms with van der Waals surface area (Å²) in [7, 11) is 0. The Morgan fingerprint density at radius 1 is 1.44 bits per heavy atom. The fourth-order valence-corrected chi connectivity index (χ4v) is 4.53. The molecule has 0 bridgehead atoms. The molecule has 0 spiro atoms. The van der Waals surface area contributed by atoms with Gasteiger partial charge in [-0.3, -0.25) is 19.6 Å². The van der Waals surface area contributed by atoms with Gasteiger partial charge in [0.2, 0.25) is 11.8 Å². The minimum Gasteiger partial charge on any atom is -0.309 e. The molecule has 2 atom stereocenters. The largest absolute Gasteiger partial charge is 0.309 e. The molecule has 144 valence electrons. The lowest BCUT2D eigenvalue weighted by Gasteiger charge is -2.30. The van der Waals surface area contributed by atoms with Crippen molar-refractivity contribution in [1.29, 1.82) is 0 Å². The van der Waals surface area contributed by atoms with E-state index < -0.39 is 0 Å². The Balaban J connectivity index is 1.32. The number of aromatic amines is 1. The summed E-state index contributed by atoms with van der Waals surface area (Å²) in [4.78, 5) is 33.3. The molecule has 27 heavy (non-hydrogen) atoms. The molecule has 0 aromatic carbocycles. The Hall–Kier alpha value is -2.26. The number of hydrogen-bond acceptors (Lipinski definition) is 6. The number of rotatable bonds is 5. The summed E-state index contributed by atoms with van der Waals surface area (Å²) in [6, 6.07) is 0. The molecule has 8 nitrogen and oxygen atoms in total. The molecule has 0 saturated carbocycles. The van der Waals surface area contributed by atoms with Gasteiger partial charge in [0.15, 0.2) is 5.13 Å². The number of amides is 2. The van der Waals surface area contributed by atoms with Gasteiger partial charge in [0, 0.05) is 37.6 Å². The molecule has 2 saturated heterocycles. The van der Waals surface area contributed by atoms with Gasteiger partial charge in [-0.1, -0.05) is 6.92 Å². The smallest absolute Gasteiger partial charge is 0.231 e. The van der Waals surface area contributed by atoms with E-state index in [0.29, 0.717) is 17.4 Å². The van der Waals surface area contributed by atoms with E-state index >= 15 is 0 Å². The summed E-state index contributed by atoms with van der Waals surface area (Å²) >= 11 is 1.44. The molecular formula is C18H24N6O2S. The van der Waals surface area contributed by atoms with Gasteiger partial charge >= 0.3 is 0 Å². The monoisotopic (exact) mass is 388 g/mol. The van der Waals surface area contributed by atoms with E-state index in [-0.39, 0.29) is 24.2 Å². The summed E-state index contributed by atoms with van der Waals surface area (Å²) in [6.45, 7) is 5.69. The fourth-order valence-electron chi connectivity index (χ4n) is 3.83. The number of thiazole rings is 1. The zero-order chi connectivity index (χ0) is 18.8. The van der Waals surface area contributed by atoms with Gasteiger partial charge in [0.25, 0.3) is 0 Å². The first-order valence-electron chi connectivity index (χ1n) is 9.35. The fraction of sp³-hybridized carbons (Fsp3) is 0.556. The molecule has 0 aliphatic carbocycles. The summed E-state index contributed by atoms with van der Waals surface area (Å²) in [5.41, 5.74) is 1.69. The second-order valence-corrected chi connectivity index (χ2v) is 8.34. The molecule has 2 N–H and O–H groups in total. The zero-order valence-corrected chi connectivity index (χ0v) is 16.2. The van der Waals surface area contributed by atoms with Crippen LogP contribution in [0.15, 0.2) is 17.8 Å². The highest BCUT2D eigenvalue weighted by molar-refractivity contribution is 7.13. The van der Waals surface area contributed by atoms with Crippen LogP contribution in [-0.2, 0) is 16.1 Å². The van der Waals surface area contributed by atoms with Crippen LogP contribution in [0.3, 0.4) is 0 Å². The van der Waals surface area contributed by atoms with Crippen LogP contribution in [-0.4, -0.2) is 51.5 Å². The van der Waals surface area contributed by atoms with E-state index in [4.69, 9.17) is 0 Å². The predicted octanol–water partition coefficient (Wildman–Crippen LogP) is 2.09. The van der Waals surface area contributed by atoms with Crippen LogP contribution in [0.25, 0.3) is 0 Å². The number of nitrogens with zero attached hydrogens (tertiary/aromatic N) is 4. The van der Waals surface area contributed by atoms with Crippen LogP contribution in [0, 0.1) is 11.8 Å². The van der Waals surface area contributed by atoms with Crippen LogP contribution in [0.1, 0.15) is 31.9 Å². The maximum absolute atomic E-state index is 12.6. The van der Waals surface area contributed by atoms with Crippen molar-refractivity contribution in [3.63, 3.8) is 0 Å². The van der Waals surface area contributed by atoms with Crippen LogP contribution < -0.4 is 10.2 Å². The Morgan fingerprint density at radius 2 is 2.33 bits per heavy atom. The van der Waals surface area contributed by atoms with E-state index in [1.54, 1.807) is 17.3 Å². The molecule has 0 unspecified atom stereocenters. The molecule has 0 radical (unpaired) electrons. The molecule has 4 heterocycles. The summed E-state index contributed by atoms with van der Waals surface area (Å²) in [5, 5.41) is 12.1. The molecular weight excluding hydrogens is 364 g/mol. The number of hydrogen-bond donors (Lipinski definition) is 2. The second kappa shape index (κ2) is 7.77. The van der Waals surface area contributed by atoms with Crippen LogP contribution >= 0.6 is 11.3 Å². The number of H-pyrrole nitrogens is 1. The van der Waals surface area contributed by atoms with E-state index in [1.165, 1.54) is 24.2 Å². The lowest BCUT2D eigenvalue weighted by molar-refractivity contribution is -0.122. The molecule has 4 rings (SSSR count). The van der Waals surface area contributed by atoms with Crippen molar-refractivity contribution >= 4 is 34.0 Å². The Kier molecular flexibility index (Phi) is 5.22. The Bertz CT molecular complexity index is 805. The minimum atomic E-state index is -0.373. The Labute approximate surface area is 162 Å². The average Bonchev–Trinajstić information content (AvgIpc) is 3.36. The lowest BCUT2D eigenvalue weighted by Crippen LogP contribution is -2.33. The quantitative estimate of drug-likeness (QED) is 0.818. The zero-order valence-electron chi connectivity index (χ0n) is 15.4. The predicted molar refractivity (Wildman–Crippen MR) is 103 cm³/mol. The van der Waals surface area contributed by atoms with Gasteiger partial charge in [-0.15, -0.1) is 11.3 Å². The van der Waals surface area contributed by atoms with Crippen molar-refractivity contribution in [1.82, 2.24) is 20.1 Å². The van der Waals surface area contributed by atoms with Gasteiger partial charge in [-0.25, -0.2) is 4.98 Å². The standard InChI is InChI=1S/C18H24N6O2S/c1-12-3-2-4-23(8-12)10-14-11-27-18(21-14)22-17(26)13-5-16(25)24(9-13)15-6-19-20-7-15/h6-7,11-13H,2-5,8-10H2,1H3,(H,19,20)(H,21,22,26)/t12-,13+/m1/s1. The number of nitrogens with one attached hydrogen (secondary N) is 2. The highest BCUT2D eigenvalue weighted by Crippen LogP contribution is 2.26. The molecule has 2 aliphatic rings. The van der Waals surface area contributed by atoms with E-state index in [0.717, 1.165) is 31.2 Å². The third-order valence-electron chi connectivity index (χ3n) is 5.20. The van der Waals surface area contributed by atoms with Crippen molar-refractivity contribution in [3.8, 4) is 0 Å². The number of anilines is 2. The molecule has 2 amide bonds. The molecule has 2 aliphatic heterocycles. The van der Waals surface area contributed by atoms with Gasteiger partial charge in [-0.2, -0.15) is 5.10 Å². The first-order valence-corrected chi connectivity index (χ1v) is 10.2. The maximum atomic E-state index is 12.6. The summed E-state index contributed by atoms with van der Waals surface area (Å²) < 4.78 is 0. The highest BCUT2D eigenvalue weighted by atomic mass is 32.1. The topological polar surface area (TPSA) is 94.2 Å². The molecule has 2 fully saturated rings. The first-order chi connectivity index (χ1) is 13.1. The van der Waals surface area contributed by atoms with Gasteiger partial charge in [0.05, 0.1) is 23.5 Å².